The van der Waals surface area contributed by atoms with Gasteiger partial charge in [0.25, 0.3) is 17.7 Å². The molecule has 12 nitrogen and oxygen atoms in total. The van der Waals surface area contributed by atoms with Gasteiger partial charge in [0.15, 0.2) is 10.8 Å². The summed E-state index contributed by atoms with van der Waals surface area (Å²) in [5.41, 5.74) is 6.58. The quantitative estimate of drug-likeness (QED) is 0.135. The van der Waals surface area contributed by atoms with Crippen molar-refractivity contribution in [2.45, 2.75) is 24.3 Å². The first-order chi connectivity index (χ1) is 18.3. The molecule has 0 spiro atoms. The lowest BCUT2D eigenvalue weighted by Crippen LogP contribution is -2.71. The molecule has 0 unspecified atom stereocenters. The van der Waals surface area contributed by atoms with E-state index in [1.807, 2.05) is 30.3 Å². The molecule has 196 valence electrons. The lowest BCUT2D eigenvalue weighted by Gasteiger charge is -2.49. The molecule has 2 atom stereocenters. The lowest BCUT2D eigenvalue weighted by molar-refractivity contribution is -0.150. The van der Waals surface area contributed by atoms with E-state index in [1.165, 1.54) is 17.1 Å². The summed E-state index contributed by atoms with van der Waals surface area (Å²) >= 11 is 2.32. The van der Waals surface area contributed by atoms with Crippen LogP contribution in [0.5, 0.6) is 0 Å². The molecule has 5 rings (SSSR count). The van der Waals surface area contributed by atoms with Crippen LogP contribution in [-0.2, 0) is 19.2 Å². The number of nitrogens with one attached hydrogen (secondary N) is 1. The molecule has 0 saturated carbocycles. The summed E-state index contributed by atoms with van der Waals surface area (Å²) in [4.78, 5) is 57.8. The summed E-state index contributed by atoms with van der Waals surface area (Å²) in [6.45, 7) is 0.556. The second-order valence-electron chi connectivity index (χ2n) is 8.62. The van der Waals surface area contributed by atoms with Gasteiger partial charge in [-0.1, -0.05) is 23.4 Å². The van der Waals surface area contributed by atoms with E-state index in [4.69, 9.17) is 5.73 Å². The Balaban J connectivity index is 1.36. The molecule has 3 aliphatic rings. The minimum atomic E-state index is -1.31. The number of thiazole rings is 1. The first-order valence-corrected chi connectivity index (χ1v) is 13.5. The largest absolute Gasteiger partial charge is 0.477 e. The number of carbonyl (C=O) groups is 4. The second-order valence-corrected chi connectivity index (χ2v) is 10.6. The van der Waals surface area contributed by atoms with E-state index in [0.29, 0.717) is 30.5 Å². The maximum absolute atomic E-state index is 13.2. The molecule has 1 aromatic carbocycles. The topological polar surface area (TPSA) is 179 Å². The van der Waals surface area contributed by atoms with Crippen LogP contribution >= 0.6 is 23.1 Å². The second kappa shape index (κ2) is 10.3. The number of piperidine rings is 1. The Labute approximate surface area is 224 Å². The number of allylic oxidation sites excluding steroid dienone is 1. The number of fused-ring (bicyclic) bond motifs is 1. The van der Waals surface area contributed by atoms with Crippen molar-refractivity contribution in [2.24, 2.45) is 5.16 Å². The van der Waals surface area contributed by atoms with Crippen LogP contribution in [0.15, 0.2) is 63.8 Å². The Morgan fingerprint density at radius 3 is 2.66 bits per heavy atom. The van der Waals surface area contributed by atoms with Gasteiger partial charge in [-0.25, -0.2) is 9.78 Å². The summed E-state index contributed by atoms with van der Waals surface area (Å²) in [5, 5.41) is 25.7. The van der Waals surface area contributed by atoms with Crippen molar-refractivity contribution in [3.05, 3.63) is 64.3 Å². The highest BCUT2D eigenvalue weighted by molar-refractivity contribution is 8.00. The molecule has 2 saturated heterocycles. The number of nitrogens with zero attached hydrogens (tertiary/aromatic N) is 4. The first-order valence-electron chi connectivity index (χ1n) is 11.5. The number of rotatable bonds is 6. The molecule has 1 aromatic heterocycles. The minimum absolute atomic E-state index is 0.0501. The number of nitrogen functional groups attached to an aromatic ring is 1. The van der Waals surface area contributed by atoms with E-state index < -0.39 is 34.9 Å². The predicted octanol–water partition coefficient (Wildman–Crippen LogP) is 1.40. The normalized spacial score (nSPS) is 22.8. The Morgan fingerprint density at radius 2 is 2.00 bits per heavy atom. The van der Waals surface area contributed by atoms with Gasteiger partial charge in [-0.3, -0.25) is 19.3 Å². The van der Waals surface area contributed by atoms with Gasteiger partial charge < -0.3 is 26.3 Å². The van der Waals surface area contributed by atoms with Crippen LogP contribution in [-0.4, -0.2) is 73.3 Å². The number of nitrogens with two attached hydrogens (primary N) is 1. The molecule has 2 fully saturated rings. The summed E-state index contributed by atoms with van der Waals surface area (Å²) < 4.78 is 0. The number of carboxylic acid groups (broad SMARTS) is 1. The number of anilines is 2. The highest BCUT2D eigenvalue weighted by Crippen LogP contribution is 2.41. The number of hydrogen-bond acceptors (Lipinski definition) is 10. The molecular weight excluding hydrogens is 532 g/mol. The van der Waals surface area contributed by atoms with Crippen LogP contribution in [0, 0.1) is 0 Å². The lowest BCUT2D eigenvalue weighted by atomic mass is 9.97. The maximum Gasteiger partial charge on any atom is 0.352 e. The van der Waals surface area contributed by atoms with Crippen LogP contribution < -0.4 is 16.0 Å². The van der Waals surface area contributed by atoms with Crippen molar-refractivity contribution in [3.63, 3.8) is 0 Å². The van der Waals surface area contributed by atoms with E-state index in [-0.39, 0.29) is 28.2 Å². The van der Waals surface area contributed by atoms with Crippen molar-refractivity contribution in [1.82, 2.24) is 15.2 Å². The van der Waals surface area contributed by atoms with E-state index in [0.717, 1.165) is 21.9 Å². The van der Waals surface area contributed by atoms with Crippen LogP contribution in [0.3, 0.4) is 0 Å². The van der Waals surface area contributed by atoms with Crippen molar-refractivity contribution in [1.29, 1.82) is 0 Å². The molecule has 38 heavy (non-hydrogen) atoms. The van der Waals surface area contributed by atoms with Crippen LogP contribution in [0.25, 0.3) is 0 Å². The third kappa shape index (κ3) is 4.52. The van der Waals surface area contributed by atoms with Gasteiger partial charge in [-0.2, -0.15) is 0 Å². The monoisotopic (exact) mass is 554 g/mol. The smallest absolute Gasteiger partial charge is 0.352 e. The van der Waals surface area contributed by atoms with Crippen molar-refractivity contribution in [2.75, 3.05) is 22.9 Å². The van der Waals surface area contributed by atoms with Gasteiger partial charge >= 0.3 is 5.97 Å². The first kappa shape index (κ1) is 25.5. The zero-order valence-electron chi connectivity index (χ0n) is 19.7. The summed E-state index contributed by atoms with van der Waals surface area (Å²) in [6.07, 6.45) is 2.78. The fraction of sp³-hybridized carbons (Fsp3) is 0.250. The molecule has 3 aliphatic heterocycles. The highest BCUT2D eigenvalue weighted by Gasteiger charge is 2.54. The van der Waals surface area contributed by atoms with Gasteiger partial charge in [0, 0.05) is 28.9 Å². The van der Waals surface area contributed by atoms with Crippen molar-refractivity contribution < 1.29 is 29.5 Å². The van der Waals surface area contributed by atoms with E-state index >= 15 is 0 Å². The van der Waals surface area contributed by atoms with Crippen molar-refractivity contribution in [3.8, 4) is 0 Å². The molecule has 0 radical (unpaired) electrons. The molecule has 0 bridgehead atoms. The molecular formula is C24H22N6O6S2. The number of amides is 3. The zero-order chi connectivity index (χ0) is 27.0. The standard InChI is InChI=1S/C24H22N6O6S2/c25-24-26-15(11-38-24)16(28-36)19(31)27-17-21(33)30-18(23(34)35)13(10-37-22(17)30)9-12-5-4-8-29(20(12)32)14-6-2-1-3-7-14/h1-3,6-7,9,11,17,22,36H,4-5,8,10H2,(H2,25,26)(H,27,31)(H,34,35)/b12-9?,28-16-/t17-,22-/m1/s1. The van der Waals surface area contributed by atoms with Crippen molar-refractivity contribution >= 4 is 63.3 Å². The summed E-state index contributed by atoms with van der Waals surface area (Å²) in [6, 6.07) is 8.20. The van der Waals surface area contributed by atoms with E-state index in [9.17, 15) is 29.5 Å². The number of benzene rings is 1. The number of thioether (sulfide) groups is 1. The van der Waals surface area contributed by atoms with Gasteiger partial charge in [0.2, 0.25) is 0 Å². The minimum Gasteiger partial charge on any atom is -0.477 e. The molecule has 4 heterocycles. The SMILES string of the molecule is Nc1nc(/C(=N/O)C(=O)N[C@@H]2C(=O)N3C(C(=O)O)=C(C=C4CCCN(c5ccccc5)C4=O)CS[C@H]23)cs1. The molecule has 0 aliphatic carbocycles. The zero-order valence-corrected chi connectivity index (χ0v) is 21.4. The fourth-order valence-electron chi connectivity index (χ4n) is 4.58. The number of para-hydroxylation sites is 1. The molecule has 3 amide bonds. The third-order valence-electron chi connectivity index (χ3n) is 6.33. The number of carbonyl (C=O) groups excluding carboxylic acids is 3. The average molecular weight is 555 g/mol. The summed E-state index contributed by atoms with van der Waals surface area (Å²) in [7, 11) is 0. The number of β-lactam (4-membered cyclic amide) rings is 1. The number of carboxylic acids is 1. The van der Waals surface area contributed by atoms with E-state index in [1.54, 1.807) is 11.0 Å². The maximum atomic E-state index is 13.2. The van der Waals surface area contributed by atoms with Gasteiger partial charge in [0.1, 0.15) is 22.8 Å². The van der Waals surface area contributed by atoms with Gasteiger partial charge in [-0.05, 0) is 36.6 Å². The molecule has 5 N–H and O–H groups in total. The average Bonchev–Trinajstić information content (AvgIpc) is 3.34. The highest BCUT2D eigenvalue weighted by atomic mass is 32.2. The summed E-state index contributed by atoms with van der Waals surface area (Å²) in [5.74, 6) is -2.77. The van der Waals surface area contributed by atoms with Gasteiger partial charge in [-0.15, -0.1) is 23.1 Å². The van der Waals surface area contributed by atoms with Crippen LogP contribution in [0.2, 0.25) is 0 Å². The Bertz CT molecular complexity index is 1420. The fourth-order valence-corrected chi connectivity index (χ4v) is 6.43. The number of aliphatic carboxylic acids is 1. The molecule has 2 aromatic rings. The van der Waals surface area contributed by atoms with Crippen LogP contribution in [0.4, 0.5) is 10.8 Å². The number of aromatic nitrogens is 1. The Hall–Kier alpha value is -4.17. The number of hydrogen-bond donors (Lipinski definition) is 4. The van der Waals surface area contributed by atoms with E-state index in [2.05, 4.69) is 15.5 Å². The Kier molecular flexibility index (Phi) is 6.91. The third-order valence-corrected chi connectivity index (χ3v) is 8.31. The van der Waals surface area contributed by atoms with Gasteiger partial charge in [0.05, 0.1) is 0 Å². The molecule has 14 heteroatoms. The van der Waals surface area contributed by atoms with Crippen LogP contribution in [0.1, 0.15) is 18.5 Å². The predicted molar refractivity (Wildman–Crippen MR) is 141 cm³/mol. The Morgan fingerprint density at radius 1 is 1.24 bits per heavy atom. The number of oxime groups is 1.